The number of halogens is 1. The Kier molecular flexibility index (Phi) is 7.67. The lowest BCUT2D eigenvalue weighted by Crippen LogP contribution is -2.54. The molecule has 0 saturated carbocycles. The van der Waals surface area contributed by atoms with E-state index in [4.69, 9.17) is 11.6 Å². The highest BCUT2D eigenvalue weighted by atomic mass is 35.5. The van der Waals surface area contributed by atoms with Gasteiger partial charge in [-0.25, -0.2) is 4.98 Å². The van der Waals surface area contributed by atoms with E-state index >= 15 is 0 Å². The predicted molar refractivity (Wildman–Crippen MR) is 128 cm³/mol. The van der Waals surface area contributed by atoms with Crippen LogP contribution >= 0.6 is 11.6 Å². The molecule has 3 rings (SSSR count). The van der Waals surface area contributed by atoms with E-state index in [1.807, 2.05) is 39.0 Å². The number of aliphatic hydroxyl groups is 1. The van der Waals surface area contributed by atoms with E-state index in [0.717, 1.165) is 5.56 Å². The number of carbonyl (C=O) groups excluding carboxylic acids is 3. The summed E-state index contributed by atoms with van der Waals surface area (Å²) in [7, 11) is 1.67. The second-order valence-corrected chi connectivity index (χ2v) is 10.2. The van der Waals surface area contributed by atoms with Gasteiger partial charge < -0.3 is 25.2 Å². The highest BCUT2D eigenvalue weighted by molar-refractivity contribution is 6.31. The van der Waals surface area contributed by atoms with Crippen LogP contribution in [0, 0.1) is 5.41 Å². The van der Waals surface area contributed by atoms with Crippen LogP contribution in [-0.4, -0.2) is 68.3 Å². The van der Waals surface area contributed by atoms with Crippen LogP contribution in [0.3, 0.4) is 0 Å². The molecule has 2 heterocycles. The minimum atomic E-state index is -0.768. The normalized spacial score (nSPS) is 19.1. The van der Waals surface area contributed by atoms with Crippen molar-refractivity contribution in [3.8, 4) is 0 Å². The number of aromatic amines is 1. The molecular weight excluding hydrogens is 458 g/mol. The maximum Gasteiger partial charge on any atom is 0.271 e. The number of carbonyl (C=O) groups is 3. The minimum absolute atomic E-state index is 0.117. The number of aromatic nitrogens is 2. The number of amides is 3. The Balaban J connectivity index is 1.79. The molecular formula is C24H32ClN5O4. The summed E-state index contributed by atoms with van der Waals surface area (Å²) < 4.78 is 0. The molecule has 3 atom stereocenters. The second-order valence-electron chi connectivity index (χ2n) is 9.83. The number of imidazole rings is 1. The number of hydrogen-bond donors (Lipinski definition) is 3. The topological polar surface area (TPSA) is 119 Å². The van der Waals surface area contributed by atoms with Crippen LogP contribution in [0.15, 0.2) is 30.5 Å². The molecule has 0 aliphatic carbocycles. The molecule has 9 nitrogen and oxygen atoms in total. The number of rotatable bonds is 6. The van der Waals surface area contributed by atoms with E-state index in [0.29, 0.717) is 17.4 Å². The smallest absolute Gasteiger partial charge is 0.271 e. The lowest BCUT2D eigenvalue weighted by atomic mass is 9.85. The van der Waals surface area contributed by atoms with E-state index in [9.17, 15) is 19.5 Å². The molecule has 0 bridgehead atoms. The zero-order chi connectivity index (χ0) is 25.2. The molecule has 2 aromatic rings. The lowest BCUT2D eigenvalue weighted by Gasteiger charge is -2.35. The van der Waals surface area contributed by atoms with Crippen LogP contribution in [0.4, 0.5) is 0 Å². The fourth-order valence-corrected chi connectivity index (χ4v) is 4.30. The Labute approximate surface area is 204 Å². The molecule has 34 heavy (non-hydrogen) atoms. The van der Waals surface area contributed by atoms with Crippen LogP contribution in [0.25, 0.3) is 0 Å². The fourth-order valence-electron chi connectivity index (χ4n) is 4.11. The molecule has 10 heteroatoms. The van der Waals surface area contributed by atoms with Gasteiger partial charge in [0.1, 0.15) is 17.6 Å². The standard InChI is InChI=1S/C24H32ClN5O4/c1-14(31)27-20(24(2,3)4)23(34)30-13-16(32)10-19(30)21-26-11-18(28-21)22(33)29(5)12-15-8-6-7-9-17(15)25/h6-9,11,16,19-20,32H,10,12-13H2,1-5H3,(H,26,28)(H,27,31)/t16-,19+,20-/m1/s1. The van der Waals surface area contributed by atoms with Crippen LogP contribution < -0.4 is 5.32 Å². The van der Waals surface area contributed by atoms with Crippen molar-refractivity contribution in [3.05, 3.63) is 52.6 Å². The number of H-pyrrole nitrogens is 1. The predicted octanol–water partition coefficient (Wildman–Crippen LogP) is 2.52. The van der Waals surface area contributed by atoms with Crippen molar-refractivity contribution in [2.45, 2.75) is 58.8 Å². The first-order valence-corrected chi connectivity index (χ1v) is 11.6. The first-order valence-electron chi connectivity index (χ1n) is 11.2. The van der Waals surface area contributed by atoms with Crippen molar-refractivity contribution < 1.29 is 19.5 Å². The molecule has 1 aliphatic rings. The maximum atomic E-state index is 13.4. The Morgan fingerprint density at radius 1 is 1.32 bits per heavy atom. The third-order valence-electron chi connectivity index (χ3n) is 5.88. The quantitative estimate of drug-likeness (QED) is 0.576. The Morgan fingerprint density at radius 2 is 2.00 bits per heavy atom. The third kappa shape index (κ3) is 5.77. The van der Waals surface area contributed by atoms with Gasteiger partial charge in [0.2, 0.25) is 11.8 Å². The van der Waals surface area contributed by atoms with Gasteiger partial charge in [0.25, 0.3) is 5.91 Å². The number of likely N-dealkylation sites (tertiary alicyclic amines) is 1. The van der Waals surface area contributed by atoms with Crippen molar-refractivity contribution in [1.29, 1.82) is 0 Å². The van der Waals surface area contributed by atoms with Crippen LogP contribution in [0.2, 0.25) is 5.02 Å². The van der Waals surface area contributed by atoms with Gasteiger partial charge in [0.15, 0.2) is 0 Å². The SMILES string of the molecule is CC(=O)N[C@H](C(=O)N1C[C@H](O)C[C@H]1c1ncc(C(=O)N(C)Cc2ccccc2Cl)[nH]1)C(C)(C)C. The van der Waals surface area contributed by atoms with E-state index < -0.39 is 23.6 Å². The summed E-state index contributed by atoms with van der Waals surface area (Å²) in [5.41, 5.74) is 0.557. The van der Waals surface area contributed by atoms with Crippen molar-refractivity contribution in [3.63, 3.8) is 0 Å². The van der Waals surface area contributed by atoms with Crippen molar-refractivity contribution in [2.24, 2.45) is 5.41 Å². The largest absolute Gasteiger partial charge is 0.391 e. The number of hydrogen-bond acceptors (Lipinski definition) is 5. The molecule has 1 aromatic carbocycles. The van der Waals surface area contributed by atoms with E-state index in [-0.39, 0.29) is 36.4 Å². The number of nitrogens with zero attached hydrogens (tertiary/aromatic N) is 3. The summed E-state index contributed by atoms with van der Waals surface area (Å²) >= 11 is 6.21. The first-order chi connectivity index (χ1) is 15.9. The van der Waals surface area contributed by atoms with Crippen molar-refractivity contribution >= 4 is 29.3 Å². The zero-order valence-electron chi connectivity index (χ0n) is 20.1. The third-order valence-corrected chi connectivity index (χ3v) is 6.24. The number of nitrogens with one attached hydrogen (secondary N) is 2. The average molecular weight is 490 g/mol. The summed E-state index contributed by atoms with van der Waals surface area (Å²) in [6.07, 6.45) is 0.974. The number of aliphatic hydroxyl groups excluding tert-OH is 1. The summed E-state index contributed by atoms with van der Waals surface area (Å²) in [4.78, 5) is 48.5. The lowest BCUT2D eigenvalue weighted by molar-refractivity contribution is -0.140. The Hall–Kier alpha value is -2.91. The van der Waals surface area contributed by atoms with Crippen molar-refractivity contribution in [2.75, 3.05) is 13.6 Å². The summed E-state index contributed by atoms with van der Waals surface area (Å²) in [5, 5.41) is 13.6. The fraction of sp³-hybridized carbons (Fsp3) is 0.500. The summed E-state index contributed by atoms with van der Waals surface area (Å²) in [6.45, 7) is 7.41. The zero-order valence-corrected chi connectivity index (χ0v) is 20.9. The molecule has 0 radical (unpaired) electrons. The Morgan fingerprint density at radius 3 is 2.62 bits per heavy atom. The van der Waals surface area contributed by atoms with Gasteiger partial charge in [-0.05, 0) is 17.0 Å². The van der Waals surface area contributed by atoms with E-state index in [1.165, 1.54) is 22.9 Å². The summed E-state index contributed by atoms with van der Waals surface area (Å²) in [5.74, 6) is -0.475. The van der Waals surface area contributed by atoms with E-state index in [2.05, 4.69) is 15.3 Å². The molecule has 1 saturated heterocycles. The monoisotopic (exact) mass is 489 g/mol. The van der Waals surface area contributed by atoms with Gasteiger partial charge in [0.05, 0.1) is 18.3 Å². The maximum absolute atomic E-state index is 13.4. The van der Waals surface area contributed by atoms with Gasteiger partial charge in [-0.2, -0.15) is 0 Å². The van der Waals surface area contributed by atoms with E-state index in [1.54, 1.807) is 13.1 Å². The minimum Gasteiger partial charge on any atom is -0.391 e. The van der Waals surface area contributed by atoms with Gasteiger partial charge >= 0.3 is 0 Å². The van der Waals surface area contributed by atoms with Gasteiger partial charge in [-0.3, -0.25) is 14.4 Å². The van der Waals surface area contributed by atoms with Crippen LogP contribution in [0.5, 0.6) is 0 Å². The molecule has 184 valence electrons. The summed E-state index contributed by atoms with van der Waals surface area (Å²) in [6, 6.07) is 6.00. The molecule has 1 aliphatic heterocycles. The van der Waals surface area contributed by atoms with Crippen molar-refractivity contribution in [1.82, 2.24) is 25.1 Å². The molecule has 1 fully saturated rings. The Bertz CT molecular complexity index is 1060. The average Bonchev–Trinajstić information content (AvgIpc) is 3.38. The molecule has 3 amide bonds. The number of β-amino-alcohol motifs (C(OH)–C–C–N with tert-alkyl or cyclic N) is 1. The molecule has 1 aromatic heterocycles. The number of benzene rings is 1. The van der Waals surface area contributed by atoms with Gasteiger partial charge in [-0.1, -0.05) is 50.6 Å². The second kappa shape index (κ2) is 10.1. The highest BCUT2D eigenvalue weighted by Crippen LogP contribution is 2.33. The molecule has 3 N–H and O–H groups in total. The van der Waals surface area contributed by atoms with Crippen LogP contribution in [0.1, 0.15) is 62.0 Å². The highest BCUT2D eigenvalue weighted by Gasteiger charge is 2.43. The van der Waals surface area contributed by atoms with Gasteiger partial charge in [-0.15, -0.1) is 0 Å². The molecule has 0 unspecified atom stereocenters. The first kappa shape index (κ1) is 25.7. The molecule has 0 spiro atoms. The van der Waals surface area contributed by atoms with Gasteiger partial charge in [0, 0.05) is 38.5 Å². The van der Waals surface area contributed by atoms with Crippen LogP contribution in [-0.2, 0) is 16.1 Å².